The fourth-order valence-corrected chi connectivity index (χ4v) is 4.95. The van der Waals surface area contributed by atoms with Gasteiger partial charge >= 0.3 is 0 Å². The second kappa shape index (κ2) is 10.9. The molecule has 1 aliphatic heterocycles. The molecule has 1 fully saturated rings. The van der Waals surface area contributed by atoms with Gasteiger partial charge in [0.1, 0.15) is 18.2 Å². The smallest absolute Gasteiger partial charge is 0.161 e. The lowest BCUT2D eigenvalue weighted by atomic mass is 9.86. The van der Waals surface area contributed by atoms with Crippen LogP contribution in [0.4, 0.5) is 4.39 Å². The number of aromatic nitrogens is 2. The molecule has 0 radical (unpaired) electrons. The van der Waals surface area contributed by atoms with Gasteiger partial charge in [0.15, 0.2) is 5.78 Å². The molecule has 0 bridgehead atoms. The zero-order valence-corrected chi connectivity index (χ0v) is 21.3. The monoisotopic (exact) mass is 518 g/mol. The van der Waals surface area contributed by atoms with Crippen molar-refractivity contribution in [2.75, 3.05) is 6.61 Å². The molecule has 3 aromatic carbocycles. The molecule has 2 heterocycles. The minimum absolute atomic E-state index is 0.0649. The molecule has 0 amide bonds. The Hall–Kier alpha value is -3.48. The summed E-state index contributed by atoms with van der Waals surface area (Å²) >= 11 is 6.12. The molecule has 190 valence electrons. The van der Waals surface area contributed by atoms with Gasteiger partial charge < -0.3 is 9.84 Å². The first-order valence-corrected chi connectivity index (χ1v) is 12.8. The number of hydrogen-bond donors (Lipinski definition) is 1. The number of rotatable bonds is 7. The van der Waals surface area contributed by atoms with Crippen LogP contribution in [-0.2, 0) is 16.0 Å². The van der Waals surface area contributed by atoms with E-state index in [2.05, 4.69) is 0 Å². The van der Waals surface area contributed by atoms with Crippen molar-refractivity contribution in [1.82, 2.24) is 9.78 Å². The summed E-state index contributed by atoms with van der Waals surface area (Å²) < 4.78 is 21.7. The largest absolute Gasteiger partial charge is 0.508 e. The van der Waals surface area contributed by atoms with E-state index in [0.29, 0.717) is 17.0 Å². The van der Waals surface area contributed by atoms with Gasteiger partial charge in [0.25, 0.3) is 0 Å². The van der Waals surface area contributed by atoms with E-state index >= 15 is 0 Å². The topological polar surface area (TPSA) is 64.4 Å². The minimum Gasteiger partial charge on any atom is -0.508 e. The number of ketones is 1. The highest BCUT2D eigenvalue weighted by molar-refractivity contribution is 6.30. The number of aryl methyl sites for hydroxylation is 2. The van der Waals surface area contributed by atoms with Crippen LogP contribution >= 0.6 is 11.6 Å². The number of carbonyl (C=O) groups is 1. The van der Waals surface area contributed by atoms with Crippen LogP contribution in [0, 0.1) is 18.7 Å². The number of nitrogens with zero attached hydrogens (tertiary/aromatic N) is 2. The number of phenols is 1. The molecule has 0 aliphatic carbocycles. The van der Waals surface area contributed by atoms with E-state index in [0.717, 1.165) is 47.3 Å². The average Bonchev–Trinajstić information content (AvgIpc) is 3.34. The number of Topliss-reactive ketones (excluding diaryl/α,β-unsaturated/α-hetero) is 1. The van der Waals surface area contributed by atoms with Gasteiger partial charge in [0.2, 0.25) is 0 Å². The Labute approximate surface area is 220 Å². The van der Waals surface area contributed by atoms with Gasteiger partial charge in [-0.15, -0.1) is 0 Å². The molecule has 4 aromatic rings. The summed E-state index contributed by atoms with van der Waals surface area (Å²) in [6.45, 7) is 1.79. The third-order valence-electron chi connectivity index (χ3n) is 6.95. The van der Waals surface area contributed by atoms with Gasteiger partial charge in [-0.05, 0) is 86.2 Å². The molecule has 1 N–H and O–H groups in total. The average molecular weight is 519 g/mol. The Morgan fingerprint density at radius 1 is 1.11 bits per heavy atom. The van der Waals surface area contributed by atoms with Crippen LogP contribution in [0.2, 0.25) is 5.02 Å². The molecule has 1 aromatic heterocycles. The van der Waals surface area contributed by atoms with Gasteiger partial charge in [-0.3, -0.25) is 4.79 Å². The van der Waals surface area contributed by atoms with Crippen LogP contribution in [0.5, 0.6) is 5.75 Å². The quantitative estimate of drug-likeness (QED) is 0.285. The van der Waals surface area contributed by atoms with Crippen molar-refractivity contribution in [1.29, 1.82) is 0 Å². The molecular formula is C30H28ClFN2O3. The van der Waals surface area contributed by atoms with Crippen molar-refractivity contribution in [2.24, 2.45) is 5.92 Å². The fraction of sp³-hybridized carbons (Fsp3) is 0.267. The maximum atomic E-state index is 13.9. The normalized spacial score (nSPS) is 17.8. The van der Waals surface area contributed by atoms with Gasteiger partial charge in [-0.25, -0.2) is 9.07 Å². The lowest BCUT2D eigenvalue weighted by Gasteiger charge is -2.28. The van der Waals surface area contributed by atoms with E-state index < -0.39 is 0 Å². The van der Waals surface area contributed by atoms with Crippen molar-refractivity contribution in [3.63, 3.8) is 0 Å². The number of halogens is 2. The van der Waals surface area contributed by atoms with Gasteiger partial charge in [0, 0.05) is 28.3 Å². The van der Waals surface area contributed by atoms with E-state index in [1.165, 1.54) is 6.07 Å². The summed E-state index contributed by atoms with van der Waals surface area (Å²) in [5.74, 6) is -0.000685. The Bertz CT molecular complexity index is 1400. The maximum absolute atomic E-state index is 13.9. The zero-order chi connectivity index (χ0) is 25.9. The second-order valence-corrected chi connectivity index (χ2v) is 10.0. The molecule has 5 nitrogen and oxygen atoms in total. The molecular weight excluding hydrogens is 491 g/mol. The minimum atomic E-state index is -0.294. The number of benzene rings is 3. The molecule has 1 aliphatic rings. The summed E-state index contributed by atoms with van der Waals surface area (Å²) in [5, 5.41) is 15.0. The van der Waals surface area contributed by atoms with Crippen molar-refractivity contribution < 1.29 is 19.0 Å². The number of phenolic OH excluding ortho intramolecular Hbond substituents is 1. The van der Waals surface area contributed by atoms with Crippen LogP contribution in [0.3, 0.4) is 0 Å². The Morgan fingerprint density at radius 2 is 1.86 bits per heavy atom. The van der Waals surface area contributed by atoms with Gasteiger partial charge in [-0.2, -0.15) is 5.10 Å². The first-order valence-electron chi connectivity index (χ1n) is 12.4. The Morgan fingerprint density at radius 3 is 2.59 bits per heavy atom. The molecule has 5 rings (SSSR count). The van der Waals surface area contributed by atoms with Crippen molar-refractivity contribution in [3.8, 4) is 22.7 Å². The SMILES string of the molecule is Cc1cc(-n2cc([C@@H]3CC(CCCc4ccc(O)cc4)C(=O)CO3)c(-c3ccc(Cl)cc3)n2)ccc1F. The first kappa shape index (κ1) is 25.2. The summed E-state index contributed by atoms with van der Waals surface area (Å²) in [6.07, 6.45) is 4.67. The standard InChI is InChI=1S/C30H28ClFN2O3/c1-19-15-24(11-14-27(19)32)34-17-26(30(33-34)21-7-9-23(31)10-8-21)29-16-22(28(36)18-37-29)4-2-3-20-5-12-25(35)13-6-20/h5-15,17,22,29,35H,2-4,16,18H2,1H3/t22?,29-/m0/s1. The highest BCUT2D eigenvalue weighted by Crippen LogP contribution is 2.38. The third kappa shape index (κ3) is 5.76. The summed E-state index contributed by atoms with van der Waals surface area (Å²) in [6, 6.07) is 19.5. The highest BCUT2D eigenvalue weighted by atomic mass is 35.5. The summed E-state index contributed by atoms with van der Waals surface area (Å²) in [7, 11) is 0. The van der Waals surface area contributed by atoms with Crippen LogP contribution in [0.25, 0.3) is 16.9 Å². The molecule has 2 atom stereocenters. The van der Waals surface area contributed by atoms with E-state index in [-0.39, 0.29) is 36.0 Å². The van der Waals surface area contributed by atoms with Crippen molar-refractivity contribution >= 4 is 17.4 Å². The maximum Gasteiger partial charge on any atom is 0.161 e. The number of aromatic hydroxyl groups is 1. The van der Waals surface area contributed by atoms with Crippen molar-refractivity contribution in [2.45, 2.75) is 38.7 Å². The molecule has 1 saturated heterocycles. The van der Waals surface area contributed by atoms with Crippen LogP contribution < -0.4 is 0 Å². The van der Waals surface area contributed by atoms with Gasteiger partial charge in [0.05, 0.1) is 17.5 Å². The fourth-order valence-electron chi connectivity index (χ4n) is 4.83. The molecule has 7 heteroatoms. The number of carbonyl (C=O) groups excluding carboxylic acids is 1. The van der Waals surface area contributed by atoms with E-state index in [9.17, 15) is 14.3 Å². The predicted octanol–water partition coefficient (Wildman–Crippen LogP) is 7.02. The van der Waals surface area contributed by atoms with E-state index in [1.54, 1.807) is 35.9 Å². The molecule has 0 saturated carbocycles. The Kier molecular flexibility index (Phi) is 7.40. The van der Waals surface area contributed by atoms with E-state index in [4.69, 9.17) is 21.4 Å². The first-order chi connectivity index (χ1) is 17.9. The number of ether oxygens (including phenoxy) is 1. The molecule has 0 spiro atoms. The van der Waals surface area contributed by atoms with E-state index in [1.807, 2.05) is 42.6 Å². The highest BCUT2D eigenvalue weighted by Gasteiger charge is 2.32. The van der Waals surface area contributed by atoms with Crippen LogP contribution in [0.1, 0.15) is 42.1 Å². The second-order valence-electron chi connectivity index (χ2n) is 9.58. The molecule has 37 heavy (non-hydrogen) atoms. The lowest BCUT2D eigenvalue weighted by molar-refractivity contribution is -0.138. The number of hydrogen-bond acceptors (Lipinski definition) is 4. The Balaban J connectivity index is 1.40. The lowest BCUT2D eigenvalue weighted by Crippen LogP contribution is -2.30. The van der Waals surface area contributed by atoms with Crippen LogP contribution in [0.15, 0.2) is 72.9 Å². The molecule has 1 unspecified atom stereocenters. The van der Waals surface area contributed by atoms with Crippen LogP contribution in [-0.4, -0.2) is 27.3 Å². The predicted molar refractivity (Wildman–Crippen MR) is 142 cm³/mol. The summed E-state index contributed by atoms with van der Waals surface area (Å²) in [4.78, 5) is 12.7. The summed E-state index contributed by atoms with van der Waals surface area (Å²) in [5.41, 5.74) is 4.95. The van der Waals surface area contributed by atoms with Crippen molar-refractivity contribution in [3.05, 3.63) is 100 Å². The third-order valence-corrected chi connectivity index (χ3v) is 7.20. The zero-order valence-electron chi connectivity index (χ0n) is 20.5. The van der Waals surface area contributed by atoms with Gasteiger partial charge in [-0.1, -0.05) is 35.9 Å².